The molecule has 6 heteroatoms. The lowest BCUT2D eigenvalue weighted by molar-refractivity contribution is -0.140. The Balaban J connectivity index is 1.91. The molecule has 0 bridgehead atoms. The molecule has 1 saturated heterocycles. The predicted octanol–water partition coefficient (Wildman–Crippen LogP) is 1.42. The molecule has 1 unspecified atom stereocenters. The monoisotopic (exact) mass is 333 g/mol. The largest absolute Gasteiger partial charge is 0.378 e. The Morgan fingerprint density at radius 3 is 2.42 bits per heavy atom. The Labute approximate surface area is 143 Å². The number of nitrogens with one attached hydrogen (secondary N) is 1. The minimum atomic E-state index is -0.341. The number of benzene rings is 1. The molecule has 0 aromatic heterocycles. The van der Waals surface area contributed by atoms with Crippen molar-refractivity contribution in [1.82, 2.24) is 9.80 Å². The van der Waals surface area contributed by atoms with Crippen molar-refractivity contribution in [3.05, 3.63) is 29.3 Å². The standard InChI is InChI=1S/C18H27N3O3/c1-13-6-5-7-14(2)17(13)19-16(22)12-20(4)15(3)18(23)21-8-10-24-11-9-21/h5-7,15H,8-12H2,1-4H3,(H,19,22). The van der Waals surface area contributed by atoms with Crippen molar-refractivity contribution >= 4 is 17.5 Å². The molecule has 24 heavy (non-hydrogen) atoms. The van der Waals surface area contributed by atoms with Crippen LogP contribution in [0.3, 0.4) is 0 Å². The highest BCUT2D eigenvalue weighted by molar-refractivity contribution is 5.94. The molecule has 1 fully saturated rings. The van der Waals surface area contributed by atoms with Crippen molar-refractivity contribution in [3.63, 3.8) is 0 Å². The number of rotatable bonds is 5. The summed E-state index contributed by atoms with van der Waals surface area (Å²) in [5.74, 6) is -0.0720. The number of carbonyl (C=O) groups is 2. The molecular formula is C18H27N3O3. The summed E-state index contributed by atoms with van der Waals surface area (Å²) in [5, 5.41) is 2.96. The fourth-order valence-corrected chi connectivity index (χ4v) is 2.79. The van der Waals surface area contributed by atoms with Crippen LogP contribution >= 0.6 is 0 Å². The summed E-state index contributed by atoms with van der Waals surface area (Å²) in [6, 6.07) is 5.57. The number of hydrogen-bond acceptors (Lipinski definition) is 4. The van der Waals surface area contributed by atoms with Gasteiger partial charge in [-0.2, -0.15) is 0 Å². The number of morpholine rings is 1. The number of carbonyl (C=O) groups excluding carboxylic acids is 2. The minimum Gasteiger partial charge on any atom is -0.378 e. The molecule has 132 valence electrons. The molecule has 1 aliphatic heterocycles. The number of aryl methyl sites for hydroxylation is 2. The third kappa shape index (κ3) is 4.55. The summed E-state index contributed by atoms with van der Waals surface area (Å²) in [4.78, 5) is 28.4. The van der Waals surface area contributed by atoms with Crippen molar-refractivity contribution in [1.29, 1.82) is 0 Å². The molecule has 2 rings (SSSR count). The molecule has 0 saturated carbocycles. The molecule has 1 heterocycles. The lowest BCUT2D eigenvalue weighted by Crippen LogP contribution is -2.50. The first kappa shape index (κ1) is 18.4. The average Bonchev–Trinajstić information content (AvgIpc) is 2.57. The van der Waals surface area contributed by atoms with E-state index in [-0.39, 0.29) is 24.4 Å². The third-order valence-corrected chi connectivity index (χ3v) is 4.48. The molecular weight excluding hydrogens is 306 g/mol. The van der Waals surface area contributed by atoms with E-state index in [1.54, 1.807) is 16.8 Å². The predicted molar refractivity (Wildman–Crippen MR) is 94.0 cm³/mol. The van der Waals surface area contributed by atoms with Gasteiger partial charge in [-0.25, -0.2) is 0 Å². The van der Waals surface area contributed by atoms with E-state index in [2.05, 4.69) is 5.32 Å². The van der Waals surface area contributed by atoms with E-state index in [1.807, 2.05) is 39.0 Å². The highest BCUT2D eigenvalue weighted by atomic mass is 16.5. The quantitative estimate of drug-likeness (QED) is 0.885. The summed E-state index contributed by atoms with van der Waals surface area (Å²) in [7, 11) is 1.80. The molecule has 0 radical (unpaired) electrons. The summed E-state index contributed by atoms with van der Waals surface area (Å²) >= 11 is 0. The molecule has 1 aromatic rings. The Kier molecular flexibility index (Phi) is 6.34. The number of nitrogens with zero attached hydrogens (tertiary/aromatic N) is 2. The number of ether oxygens (including phenoxy) is 1. The highest BCUT2D eigenvalue weighted by Gasteiger charge is 2.26. The van der Waals surface area contributed by atoms with Gasteiger partial charge in [0.2, 0.25) is 11.8 Å². The normalized spacial score (nSPS) is 16.1. The first-order valence-electron chi connectivity index (χ1n) is 8.33. The van der Waals surface area contributed by atoms with Crippen LogP contribution in [0.4, 0.5) is 5.69 Å². The smallest absolute Gasteiger partial charge is 0.239 e. The van der Waals surface area contributed by atoms with Crippen molar-refractivity contribution in [2.75, 3.05) is 45.2 Å². The third-order valence-electron chi connectivity index (χ3n) is 4.48. The number of hydrogen-bond donors (Lipinski definition) is 1. The zero-order valence-electron chi connectivity index (χ0n) is 15.0. The van der Waals surface area contributed by atoms with E-state index in [0.717, 1.165) is 16.8 Å². The summed E-state index contributed by atoms with van der Waals surface area (Å²) in [6.07, 6.45) is 0. The molecule has 1 atom stereocenters. The molecule has 1 aliphatic rings. The molecule has 0 spiro atoms. The van der Waals surface area contributed by atoms with Gasteiger partial charge in [0.1, 0.15) is 0 Å². The van der Waals surface area contributed by atoms with E-state index in [4.69, 9.17) is 4.74 Å². The first-order valence-corrected chi connectivity index (χ1v) is 8.33. The SMILES string of the molecule is Cc1cccc(C)c1NC(=O)CN(C)C(C)C(=O)N1CCOCC1. The second-order valence-corrected chi connectivity index (χ2v) is 6.34. The summed E-state index contributed by atoms with van der Waals surface area (Å²) in [6.45, 7) is 8.34. The number of likely N-dealkylation sites (N-methyl/N-ethyl adjacent to an activating group) is 1. The van der Waals surface area contributed by atoms with Gasteiger partial charge in [-0.05, 0) is 38.9 Å². The molecule has 0 aliphatic carbocycles. The Hall–Kier alpha value is -1.92. The van der Waals surface area contributed by atoms with Crippen LogP contribution in [0.5, 0.6) is 0 Å². The number of amides is 2. The van der Waals surface area contributed by atoms with Gasteiger partial charge in [0.15, 0.2) is 0 Å². The van der Waals surface area contributed by atoms with E-state index >= 15 is 0 Å². The van der Waals surface area contributed by atoms with Gasteiger partial charge in [-0.15, -0.1) is 0 Å². The van der Waals surface area contributed by atoms with Gasteiger partial charge in [0.05, 0.1) is 25.8 Å². The van der Waals surface area contributed by atoms with E-state index in [0.29, 0.717) is 26.3 Å². The zero-order chi connectivity index (χ0) is 17.7. The van der Waals surface area contributed by atoms with Crippen LogP contribution in [0, 0.1) is 13.8 Å². The van der Waals surface area contributed by atoms with Crippen molar-refractivity contribution in [2.45, 2.75) is 26.8 Å². The second kappa shape index (κ2) is 8.26. The first-order chi connectivity index (χ1) is 11.4. The van der Waals surface area contributed by atoms with Gasteiger partial charge in [-0.1, -0.05) is 18.2 Å². The van der Waals surface area contributed by atoms with Crippen molar-refractivity contribution in [3.8, 4) is 0 Å². The maximum atomic E-state index is 12.5. The number of para-hydroxylation sites is 1. The molecule has 1 aromatic carbocycles. The summed E-state index contributed by atoms with van der Waals surface area (Å²) in [5.41, 5.74) is 2.91. The number of anilines is 1. The lowest BCUT2D eigenvalue weighted by Gasteiger charge is -2.32. The van der Waals surface area contributed by atoms with Crippen molar-refractivity contribution < 1.29 is 14.3 Å². The van der Waals surface area contributed by atoms with Gasteiger partial charge in [0.25, 0.3) is 0 Å². The van der Waals surface area contributed by atoms with E-state index < -0.39 is 0 Å². The molecule has 1 N–H and O–H groups in total. The van der Waals surface area contributed by atoms with Crippen LogP contribution in [0.2, 0.25) is 0 Å². The highest BCUT2D eigenvalue weighted by Crippen LogP contribution is 2.19. The van der Waals surface area contributed by atoms with Gasteiger partial charge >= 0.3 is 0 Å². The Bertz CT molecular complexity index is 577. The topological polar surface area (TPSA) is 61.9 Å². The van der Waals surface area contributed by atoms with Crippen LogP contribution in [0.15, 0.2) is 18.2 Å². The fourth-order valence-electron chi connectivity index (χ4n) is 2.79. The van der Waals surface area contributed by atoms with Gasteiger partial charge < -0.3 is 15.0 Å². The van der Waals surface area contributed by atoms with Crippen LogP contribution in [0.1, 0.15) is 18.1 Å². The van der Waals surface area contributed by atoms with Crippen LogP contribution in [0.25, 0.3) is 0 Å². The van der Waals surface area contributed by atoms with Gasteiger partial charge in [0, 0.05) is 18.8 Å². The lowest BCUT2D eigenvalue weighted by atomic mass is 10.1. The maximum Gasteiger partial charge on any atom is 0.239 e. The van der Waals surface area contributed by atoms with E-state index in [9.17, 15) is 9.59 Å². The Morgan fingerprint density at radius 2 is 1.83 bits per heavy atom. The fraction of sp³-hybridized carbons (Fsp3) is 0.556. The molecule has 6 nitrogen and oxygen atoms in total. The van der Waals surface area contributed by atoms with Crippen molar-refractivity contribution in [2.24, 2.45) is 0 Å². The zero-order valence-corrected chi connectivity index (χ0v) is 15.0. The van der Waals surface area contributed by atoms with E-state index in [1.165, 1.54) is 0 Å². The molecule has 2 amide bonds. The second-order valence-electron chi connectivity index (χ2n) is 6.34. The van der Waals surface area contributed by atoms with Crippen LogP contribution < -0.4 is 5.32 Å². The minimum absolute atomic E-state index is 0.0423. The maximum absolute atomic E-state index is 12.5. The Morgan fingerprint density at radius 1 is 1.25 bits per heavy atom. The average molecular weight is 333 g/mol. The van der Waals surface area contributed by atoms with Gasteiger partial charge in [-0.3, -0.25) is 14.5 Å². The summed E-state index contributed by atoms with van der Waals surface area (Å²) < 4.78 is 5.27. The van der Waals surface area contributed by atoms with Crippen LogP contribution in [-0.2, 0) is 14.3 Å². The van der Waals surface area contributed by atoms with Crippen LogP contribution in [-0.4, -0.2) is 67.6 Å².